The maximum atomic E-state index is 12.7. The molecule has 7 heteroatoms. The normalized spacial score (nSPS) is 15.5. The summed E-state index contributed by atoms with van der Waals surface area (Å²) in [4.78, 5) is 25.7. The van der Waals surface area contributed by atoms with Crippen molar-refractivity contribution in [2.75, 3.05) is 12.0 Å². The predicted octanol–water partition coefficient (Wildman–Crippen LogP) is 4.03. The zero-order chi connectivity index (χ0) is 18.7. The Kier molecular flexibility index (Phi) is 5.39. The Labute approximate surface area is 160 Å². The number of ether oxygens (including phenoxy) is 2. The number of thiocarbonyl (C=S) groups is 1. The molecule has 0 aromatic heterocycles. The molecule has 0 unspecified atom stereocenters. The van der Waals surface area contributed by atoms with Crippen molar-refractivity contribution in [2.45, 2.75) is 6.92 Å². The van der Waals surface area contributed by atoms with Crippen LogP contribution in [0.3, 0.4) is 0 Å². The van der Waals surface area contributed by atoms with Gasteiger partial charge in [-0.1, -0.05) is 36.1 Å². The average Bonchev–Trinajstić information content (AvgIpc) is 2.90. The Morgan fingerprint density at radius 3 is 2.27 bits per heavy atom. The highest BCUT2D eigenvalue weighted by Crippen LogP contribution is 2.36. The van der Waals surface area contributed by atoms with Gasteiger partial charge in [0.15, 0.2) is 4.32 Å². The molecule has 0 bridgehead atoms. The summed E-state index contributed by atoms with van der Waals surface area (Å²) in [7, 11) is 1.59. The van der Waals surface area contributed by atoms with Gasteiger partial charge >= 0.3 is 5.97 Å². The van der Waals surface area contributed by atoms with Crippen LogP contribution in [0, 0.1) is 0 Å². The van der Waals surface area contributed by atoms with Crippen LogP contribution in [0.15, 0.2) is 53.4 Å². The minimum absolute atomic E-state index is 0.172. The molecular formula is C19H15NO4S2. The van der Waals surface area contributed by atoms with Gasteiger partial charge in [-0.2, -0.15) is 0 Å². The van der Waals surface area contributed by atoms with Gasteiger partial charge in [0.05, 0.1) is 17.7 Å². The molecule has 132 valence electrons. The molecule has 3 rings (SSSR count). The number of rotatable bonds is 4. The second-order valence-electron chi connectivity index (χ2n) is 5.38. The van der Waals surface area contributed by atoms with Crippen LogP contribution in [-0.2, 0) is 9.59 Å². The van der Waals surface area contributed by atoms with Crippen molar-refractivity contribution in [2.24, 2.45) is 0 Å². The molecule has 1 heterocycles. The molecule has 2 aromatic rings. The summed E-state index contributed by atoms with van der Waals surface area (Å²) in [6, 6.07) is 14.1. The highest BCUT2D eigenvalue weighted by Gasteiger charge is 2.33. The summed E-state index contributed by atoms with van der Waals surface area (Å²) in [5.74, 6) is 0.621. The van der Waals surface area contributed by atoms with Gasteiger partial charge < -0.3 is 9.47 Å². The first-order valence-electron chi connectivity index (χ1n) is 7.68. The van der Waals surface area contributed by atoms with E-state index in [0.717, 1.165) is 5.56 Å². The number of anilines is 1. The molecule has 0 N–H and O–H groups in total. The standard InChI is InChI=1S/C19H15NO4S2/c1-12(21)24-16-7-3-13(4-8-16)11-17-18(22)20(19(25)26-17)14-5-9-15(23-2)10-6-14/h3-11H,1-2H3/b17-11-. The third kappa shape index (κ3) is 3.95. The number of esters is 1. The fraction of sp³-hybridized carbons (Fsp3) is 0.105. The summed E-state index contributed by atoms with van der Waals surface area (Å²) in [5, 5.41) is 0. The average molecular weight is 385 g/mol. The largest absolute Gasteiger partial charge is 0.497 e. The molecule has 1 aliphatic heterocycles. The van der Waals surface area contributed by atoms with Crippen molar-refractivity contribution in [1.29, 1.82) is 0 Å². The van der Waals surface area contributed by atoms with Crippen LogP contribution < -0.4 is 14.4 Å². The lowest BCUT2D eigenvalue weighted by atomic mass is 10.2. The van der Waals surface area contributed by atoms with Crippen LogP contribution in [0.2, 0.25) is 0 Å². The number of nitrogens with zero attached hydrogens (tertiary/aromatic N) is 1. The number of thioether (sulfide) groups is 1. The van der Waals surface area contributed by atoms with Crippen LogP contribution in [0.1, 0.15) is 12.5 Å². The van der Waals surface area contributed by atoms with E-state index >= 15 is 0 Å². The van der Waals surface area contributed by atoms with E-state index in [1.807, 2.05) is 0 Å². The molecule has 1 amide bonds. The predicted molar refractivity (Wildman–Crippen MR) is 106 cm³/mol. The van der Waals surface area contributed by atoms with Gasteiger partial charge in [-0.25, -0.2) is 0 Å². The molecule has 0 aliphatic carbocycles. The molecule has 1 saturated heterocycles. The fourth-order valence-corrected chi connectivity index (χ4v) is 3.67. The molecule has 5 nitrogen and oxygen atoms in total. The van der Waals surface area contributed by atoms with Gasteiger partial charge in [0.1, 0.15) is 11.5 Å². The lowest BCUT2D eigenvalue weighted by Gasteiger charge is -2.14. The number of carbonyl (C=O) groups excluding carboxylic acids is 2. The SMILES string of the molecule is COc1ccc(N2C(=O)/C(=C/c3ccc(OC(C)=O)cc3)SC2=S)cc1. The minimum atomic E-state index is -0.377. The summed E-state index contributed by atoms with van der Waals surface area (Å²) in [5.41, 5.74) is 1.51. The molecule has 0 atom stereocenters. The van der Waals surface area contributed by atoms with Crippen LogP contribution >= 0.6 is 24.0 Å². The lowest BCUT2D eigenvalue weighted by Crippen LogP contribution is -2.27. The Morgan fingerprint density at radius 1 is 1.08 bits per heavy atom. The van der Waals surface area contributed by atoms with Gasteiger partial charge in [-0.15, -0.1) is 0 Å². The highest BCUT2D eigenvalue weighted by molar-refractivity contribution is 8.27. The van der Waals surface area contributed by atoms with E-state index in [9.17, 15) is 9.59 Å². The third-order valence-corrected chi connectivity index (χ3v) is 4.87. The number of hydrogen-bond donors (Lipinski definition) is 0. The highest BCUT2D eigenvalue weighted by atomic mass is 32.2. The Morgan fingerprint density at radius 2 is 1.69 bits per heavy atom. The van der Waals surface area contributed by atoms with Crippen LogP contribution in [-0.4, -0.2) is 23.3 Å². The summed E-state index contributed by atoms with van der Waals surface area (Å²) in [6.07, 6.45) is 1.76. The van der Waals surface area contributed by atoms with Crippen LogP contribution in [0.5, 0.6) is 11.5 Å². The monoisotopic (exact) mass is 385 g/mol. The van der Waals surface area contributed by atoms with E-state index < -0.39 is 0 Å². The molecule has 2 aromatic carbocycles. The topological polar surface area (TPSA) is 55.8 Å². The third-order valence-electron chi connectivity index (χ3n) is 3.56. The van der Waals surface area contributed by atoms with Crippen molar-refractivity contribution >= 4 is 51.9 Å². The maximum absolute atomic E-state index is 12.7. The van der Waals surface area contributed by atoms with E-state index in [4.69, 9.17) is 21.7 Å². The minimum Gasteiger partial charge on any atom is -0.497 e. The van der Waals surface area contributed by atoms with Gasteiger partial charge in [0.25, 0.3) is 5.91 Å². The smallest absolute Gasteiger partial charge is 0.308 e. The van der Waals surface area contributed by atoms with Crippen molar-refractivity contribution < 1.29 is 19.1 Å². The van der Waals surface area contributed by atoms with Gasteiger partial charge in [-0.05, 0) is 48.0 Å². The number of carbonyl (C=O) groups is 2. The van der Waals surface area contributed by atoms with E-state index in [-0.39, 0.29) is 11.9 Å². The lowest BCUT2D eigenvalue weighted by molar-refractivity contribution is -0.131. The molecule has 1 aliphatic rings. The van der Waals surface area contributed by atoms with Crippen LogP contribution in [0.4, 0.5) is 5.69 Å². The van der Waals surface area contributed by atoms with Crippen molar-refractivity contribution in [3.63, 3.8) is 0 Å². The molecule has 1 fully saturated rings. The summed E-state index contributed by atoms with van der Waals surface area (Å²) >= 11 is 6.61. The zero-order valence-electron chi connectivity index (χ0n) is 14.1. The van der Waals surface area contributed by atoms with Gasteiger partial charge in [0.2, 0.25) is 0 Å². The molecule has 0 saturated carbocycles. The van der Waals surface area contributed by atoms with E-state index in [0.29, 0.717) is 26.4 Å². The molecular weight excluding hydrogens is 370 g/mol. The number of hydrogen-bond acceptors (Lipinski definition) is 6. The summed E-state index contributed by atoms with van der Waals surface area (Å²) < 4.78 is 10.6. The second kappa shape index (κ2) is 7.72. The summed E-state index contributed by atoms with van der Waals surface area (Å²) in [6.45, 7) is 1.35. The molecule has 0 radical (unpaired) electrons. The van der Waals surface area contributed by atoms with Crippen molar-refractivity contribution in [3.05, 3.63) is 59.0 Å². The van der Waals surface area contributed by atoms with Gasteiger partial charge in [-0.3, -0.25) is 14.5 Å². The van der Waals surface area contributed by atoms with Crippen LogP contribution in [0.25, 0.3) is 6.08 Å². The number of amides is 1. The zero-order valence-corrected chi connectivity index (χ0v) is 15.7. The molecule has 0 spiro atoms. The van der Waals surface area contributed by atoms with Crippen molar-refractivity contribution in [3.8, 4) is 11.5 Å². The first kappa shape index (κ1) is 18.2. The number of methoxy groups -OCH3 is 1. The first-order chi connectivity index (χ1) is 12.5. The maximum Gasteiger partial charge on any atom is 0.308 e. The first-order valence-corrected chi connectivity index (χ1v) is 8.91. The van der Waals surface area contributed by atoms with E-state index in [1.165, 1.54) is 23.6 Å². The van der Waals surface area contributed by atoms with Gasteiger partial charge in [0, 0.05) is 6.92 Å². The van der Waals surface area contributed by atoms with E-state index in [2.05, 4.69) is 0 Å². The molecule has 26 heavy (non-hydrogen) atoms. The Balaban J connectivity index is 1.81. The second-order valence-corrected chi connectivity index (χ2v) is 7.05. The fourth-order valence-electron chi connectivity index (χ4n) is 2.37. The Bertz CT molecular complexity index is 889. The Hall–Kier alpha value is -2.64. The number of benzene rings is 2. The quantitative estimate of drug-likeness (QED) is 0.343. The van der Waals surface area contributed by atoms with Crippen molar-refractivity contribution in [1.82, 2.24) is 0 Å². The van der Waals surface area contributed by atoms with E-state index in [1.54, 1.807) is 61.7 Å².